The van der Waals surface area contributed by atoms with Gasteiger partial charge in [0.25, 0.3) is 5.91 Å². The maximum absolute atomic E-state index is 12.8. The number of methoxy groups -OCH3 is 1. The first-order valence-electron chi connectivity index (χ1n) is 9.47. The molecule has 0 spiro atoms. The van der Waals surface area contributed by atoms with E-state index in [1.165, 1.54) is 4.88 Å². The van der Waals surface area contributed by atoms with Crippen LogP contribution >= 0.6 is 11.3 Å². The molecule has 0 bridgehead atoms. The van der Waals surface area contributed by atoms with Crippen molar-refractivity contribution in [3.8, 4) is 5.75 Å². The number of ether oxygens (including phenoxy) is 1. The number of benzene rings is 1. The number of urea groups is 1. The van der Waals surface area contributed by atoms with Gasteiger partial charge in [0, 0.05) is 11.4 Å². The molecule has 0 radical (unpaired) electrons. The molecular weight excluding hydrogens is 390 g/mol. The molecule has 1 aromatic heterocycles. The Labute approximate surface area is 174 Å². The van der Waals surface area contributed by atoms with Crippen LogP contribution in [0.4, 0.5) is 4.79 Å². The molecule has 3 rings (SSSR count). The molecule has 0 unspecified atom stereocenters. The first-order chi connectivity index (χ1) is 13.9. The van der Waals surface area contributed by atoms with Gasteiger partial charge in [0.15, 0.2) is 0 Å². The van der Waals surface area contributed by atoms with Crippen LogP contribution < -0.4 is 15.4 Å². The quantitative estimate of drug-likeness (QED) is 0.616. The second-order valence-electron chi connectivity index (χ2n) is 7.18. The standard InChI is InChI=1S/C21H25N3O4S/c1-21(11-9-15-5-7-16(28-2)8-6-15)19(26)24(20(27)23-21)14-18(25)22-12-10-17-4-3-13-29-17/h3-8,13H,9-12,14H2,1-2H3,(H,22,25)(H,23,27)/t21-/m1/s1. The maximum atomic E-state index is 12.8. The lowest BCUT2D eigenvalue weighted by molar-refractivity contribution is -0.134. The Morgan fingerprint density at radius 1 is 1.21 bits per heavy atom. The third kappa shape index (κ3) is 5.14. The third-order valence-electron chi connectivity index (χ3n) is 4.99. The summed E-state index contributed by atoms with van der Waals surface area (Å²) >= 11 is 1.63. The number of hydrogen-bond acceptors (Lipinski definition) is 5. The summed E-state index contributed by atoms with van der Waals surface area (Å²) in [5.41, 5.74) is 0.0210. The van der Waals surface area contributed by atoms with E-state index in [9.17, 15) is 14.4 Å². The van der Waals surface area contributed by atoms with Gasteiger partial charge in [-0.25, -0.2) is 4.79 Å². The Balaban J connectivity index is 1.51. The predicted molar refractivity (Wildman–Crippen MR) is 111 cm³/mol. The summed E-state index contributed by atoms with van der Waals surface area (Å²) in [7, 11) is 1.61. The fourth-order valence-corrected chi connectivity index (χ4v) is 3.94. The lowest BCUT2D eigenvalue weighted by Gasteiger charge is -2.21. The van der Waals surface area contributed by atoms with Gasteiger partial charge in [0.05, 0.1) is 7.11 Å². The SMILES string of the molecule is COc1ccc(CC[C@@]2(C)NC(=O)N(CC(=O)NCCc3cccs3)C2=O)cc1. The second kappa shape index (κ2) is 9.09. The number of thiophene rings is 1. The van der Waals surface area contributed by atoms with Gasteiger partial charge in [-0.1, -0.05) is 18.2 Å². The Hall–Kier alpha value is -2.87. The summed E-state index contributed by atoms with van der Waals surface area (Å²) in [5, 5.41) is 7.49. The van der Waals surface area contributed by atoms with Crippen LogP contribution in [0.3, 0.4) is 0 Å². The van der Waals surface area contributed by atoms with Crippen LogP contribution in [0.1, 0.15) is 23.8 Å². The Bertz CT molecular complexity index is 867. The van der Waals surface area contributed by atoms with Crippen molar-refractivity contribution in [2.24, 2.45) is 0 Å². The topological polar surface area (TPSA) is 87.7 Å². The number of carbonyl (C=O) groups is 3. The summed E-state index contributed by atoms with van der Waals surface area (Å²) in [6, 6.07) is 11.0. The van der Waals surface area contributed by atoms with Crippen molar-refractivity contribution in [2.45, 2.75) is 31.7 Å². The highest BCUT2D eigenvalue weighted by Gasteiger charge is 2.47. The van der Waals surface area contributed by atoms with Gasteiger partial charge >= 0.3 is 6.03 Å². The summed E-state index contributed by atoms with van der Waals surface area (Å²) in [5.74, 6) is 0.0513. The summed E-state index contributed by atoms with van der Waals surface area (Å²) < 4.78 is 5.14. The fourth-order valence-electron chi connectivity index (χ4n) is 3.23. The molecule has 2 N–H and O–H groups in total. The van der Waals surface area contributed by atoms with Crippen LogP contribution in [0.15, 0.2) is 41.8 Å². The van der Waals surface area contributed by atoms with Gasteiger partial charge in [-0.2, -0.15) is 0 Å². The molecule has 7 nitrogen and oxygen atoms in total. The van der Waals surface area contributed by atoms with Crippen LogP contribution in [0, 0.1) is 0 Å². The highest BCUT2D eigenvalue weighted by Crippen LogP contribution is 2.24. The normalized spacial score (nSPS) is 18.6. The van der Waals surface area contributed by atoms with Gasteiger partial charge in [-0.05, 0) is 55.3 Å². The van der Waals surface area contributed by atoms with Gasteiger partial charge in [0.2, 0.25) is 5.91 Å². The average Bonchev–Trinajstić information content (AvgIpc) is 3.30. The number of hydrogen-bond donors (Lipinski definition) is 2. The van der Waals surface area contributed by atoms with E-state index in [-0.39, 0.29) is 18.4 Å². The smallest absolute Gasteiger partial charge is 0.325 e. The average molecular weight is 416 g/mol. The monoisotopic (exact) mass is 415 g/mol. The number of imide groups is 1. The van der Waals surface area contributed by atoms with E-state index >= 15 is 0 Å². The lowest BCUT2D eigenvalue weighted by atomic mass is 9.93. The van der Waals surface area contributed by atoms with E-state index in [0.717, 1.165) is 22.6 Å². The first-order valence-corrected chi connectivity index (χ1v) is 10.4. The van der Waals surface area contributed by atoms with Crippen molar-refractivity contribution in [2.75, 3.05) is 20.2 Å². The number of aryl methyl sites for hydroxylation is 1. The summed E-state index contributed by atoms with van der Waals surface area (Å²) in [6.45, 7) is 1.90. The van der Waals surface area contributed by atoms with E-state index in [0.29, 0.717) is 19.4 Å². The van der Waals surface area contributed by atoms with Gasteiger partial charge < -0.3 is 15.4 Å². The van der Waals surface area contributed by atoms with Crippen molar-refractivity contribution < 1.29 is 19.1 Å². The van der Waals surface area contributed by atoms with Crippen molar-refractivity contribution in [1.29, 1.82) is 0 Å². The Morgan fingerprint density at radius 3 is 2.62 bits per heavy atom. The van der Waals surface area contributed by atoms with E-state index in [1.807, 2.05) is 41.8 Å². The zero-order chi connectivity index (χ0) is 20.9. The van der Waals surface area contributed by atoms with Crippen molar-refractivity contribution in [3.05, 3.63) is 52.2 Å². The van der Waals surface area contributed by atoms with Crippen LogP contribution in [0.5, 0.6) is 5.75 Å². The summed E-state index contributed by atoms with van der Waals surface area (Å²) in [4.78, 5) is 39.4. The molecule has 1 aliphatic rings. The highest BCUT2D eigenvalue weighted by molar-refractivity contribution is 7.09. The number of nitrogens with zero attached hydrogens (tertiary/aromatic N) is 1. The minimum atomic E-state index is -1.02. The molecule has 2 heterocycles. The zero-order valence-electron chi connectivity index (χ0n) is 16.6. The van der Waals surface area contributed by atoms with Crippen LogP contribution in [0.25, 0.3) is 0 Å². The number of amides is 4. The Kier molecular flexibility index (Phi) is 6.53. The molecule has 154 valence electrons. The van der Waals surface area contributed by atoms with Crippen molar-refractivity contribution >= 4 is 29.2 Å². The molecule has 29 heavy (non-hydrogen) atoms. The molecule has 1 atom stereocenters. The molecule has 0 saturated carbocycles. The summed E-state index contributed by atoms with van der Waals surface area (Å²) in [6.07, 6.45) is 1.79. The first kappa shape index (κ1) is 20.9. The molecule has 2 aromatic rings. The van der Waals surface area contributed by atoms with E-state index in [4.69, 9.17) is 4.74 Å². The molecule has 1 fully saturated rings. The molecule has 1 saturated heterocycles. The largest absolute Gasteiger partial charge is 0.497 e. The van der Waals surface area contributed by atoms with E-state index < -0.39 is 11.6 Å². The minimum absolute atomic E-state index is 0.271. The second-order valence-corrected chi connectivity index (χ2v) is 8.21. The molecular formula is C21H25N3O4S. The van der Waals surface area contributed by atoms with Crippen LogP contribution in [0.2, 0.25) is 0 Å². The number of carbonyl (C=O) groups excluding carboxylic acids is 3. The van der Waals surface area contributed by atoms with Gasteiger partial charge in [-0.15, -0.1) is 11.3 Å². The Morgan fingerprint density at radius 2 is 1.97 bits per heavy atom. The third-order valence-corrected chi connectivity index (χ3v) is 5.93. The minimum Gasteiger partial charge on any atom is -0.497 e. The maximum Gasteiger partial charge on any atom is 0.325 e. The van der Waals surface area contributed by atoms with Crippen LogP contribution in [-0.4, -0.2) is 48.5 Å². The lowest BCUT2D eigenvalue weighted by Crippen LogP contribution is -2.45. The van der Waals surface area contributed by atoms with Crippen molar-refractivity contribution in [3.63, 3.8) is 0 Å². The van der Waals surface area contributed by atoms with E-state index in [2.05, 4.69) is 10.6 Å². The predicted octanol–water partition coefficient (Wildman–Crippen LogP) is 2.36. The van der Waals surface area contributed by atoms with Gasteiger partial charge in [-0.3, -0.25) is 14.5 Å². The molecule has 1 aliphatic heterocycles. The molecule has 4 amide bonds. The van der Waals surface area contributed by atoms with Crippen molar-refractivity contribution in [1.82, 2.24) is 15.5 Å². The molecule has 0 aliphatic carbocycles. The zero-order valence-corrected chi connectivity index (χ0v) is 17.4. The van der Waals surface area contributed by atoms with Gasteiger partial charge in [0.1, 0.15) is 17.8 Å². The fraction of sp³-hybridized carbons (Fsp3) is 0.381. The van der Waals surface area contributed by atoms with E-state index in [1.54, 1.807) is 25.4 Å². The highest BCUT2D eigenvalue weighted by atomic mass is 32.1. The molecule has 8 heteroatoms. The molecule has 1 aromatic carbocycles. The number of rotatable bonds is 9. The number of nitrogens with one attached hydrogen (secondary N) is 2. The van der Waals surface area contributed by atoms with Crippen LogP contribution in [-0.2, 0) is 22.4 Å².